The normalized spacial score (nSPS) is 18.3. The number of hydrogen-bond acceptors (Lipinski definition) is 8. The van der Waals surface area contributed by atoms with E-state index in [-0.39, 0.29) is 30.6 Å². The molecule has 4 N–H and O–H groups in total. The van der Waals surface area contributed by atoms with Gasteiger partial charge in [0.1, 0.15) is 17.2 Å². The lowest BCUT2D eigenvalue weighted by Crippen LogP contribution is -2.55. The van der Waals surface area contributed by atoms with E-state index in [2.05, 4.69) is 37.8 Å². The second-order valence-corrected chi connectivity index (χ2v) is 10.4. The summed E-state index contributed by atoms with van der Waals surface area (Å²) in [6, 6.07) is 6.06. The largest absolute Gasteiger partial charge is 0.391 e. The molecule has 3 rings (SSSR count). The third kappa shape index (κ3) is 9.27. The monoisotopic (exact) mass is 565 g/mol. The highest BCUT2D eigenvalue weighted by atomic mass is 19.1. The number of benzene rings is 1. The quantitative estimate of drug-likeness (QED) is 0.176. The van der Waals surface area contributed by atoms with E-state index in [1.807, 2.05) is 25.9 Å². The Labute approximate surface area is 241 Å². The van der Waals surface area contributed by atoms with Crippen molar-refractivity contribution in [3.05, 3.63) is 54.0 Å². The van der Waals surface area contributed by atoms with Crippen molar-refractivity contribution in [3.63, 3.8) is 0 Å². The van der Waals surface area contributed by atoms with Crippen LogP contribution >= 0.6 is 0 Å². The van der Waals surface area contributed by atoms with Crippen LogP contribution in [0.25, 0.3) is 0 Å². The number of anilines is 3. The van der Waals surface area contributed by atoms with Crippen LogP contribution in [0.5, 0.6) is 0 Å². The lowest BCUT2D eigenvalue weighted by atomic mass is 9.96. The molecule has 0 aliphatic carbocycles. The number of aromatic nitrogens is 2. The van der Waals surface area contributed by atoms with E-state index < -0.39 is 11.6 Å². The molecule has 11 heteroatoms. The summed E-state index contributed by atoms with van der Waals surface area (Å²) in [7, 11) is 3.80. The van der Waals surface area contributed by atoms with Crippen molar-refractivity contribution in [1.82, 2.24) is 25.1 Å². The second kappa shape index (κ2) is 15.1. The molecule has 10 nitrogen and oxygen atoms in total. The van der Waals surface area contributed by atoms with E-state index in [9.17, 15) is 19.1 Å². The molecule has 1 aromatic carbocycles. The van der Waals surface area contributed by atoms with Crippen LogP contribution in [0.2, 0.25) is 0 Å². The van der Waals surface area contributed by atoms with Crippen LogP contribution in [-0.2, 0) is 9.59 Å². The van der Waals surface area contributed by atoms with Gasteiger partial charge in [-0.25, -0.2) is 9.37 Å². The van der Waals surface area contributed by atoms with E-state index in [0.717, 1.165) is 6.42 Å². The minimum atomic E-state index is -1.12. The third-order valence-electron chi connectivity index (χ3n) is 6.51. The second-order valence-electron chi connectivity index (χ2n) is 10.4. The van der Waals surface area contributed by atoms with Crippen molar-refractivity contribution in [2.75, 3.05) is 50.9 Å². The first-order valence-electron chi connectivity index (χ1n) is 13.8. The number of nitrogens with one attached hydrogen (secondary N) is 3. The van der Waals surface area contributed by atoms with Gasteiger partial charge >= 0.3 is 0 Å². The minimum Gasteiger partial charge on any atom is -0.391 e. The maximum atomic E-state index is 13.5. The summed E-state index contributed by atoms with van der Waals surface area (Å²) in [5, 5.41) is 19.4. The van der Waals surface area contributed by atoms with Crippen molar-refractivity contribution < 1.29 is 19.1 Å². The number of aliphatic hydroxyl groups is 1. The fourth-order valence-corrected chi connectivity index (χ4v) is 4.38. The molecule has 0 saturated carbocycles. The van der Waals surface area contributed by atoms with Crippen LogP contribution in [0.1, 0.15) is 45.1 Å². The Hall–Kier alpha value is -4.01. The van der Waals surface area contributed by atoms with Gasteiger partial charge in [0.15, 0.2) is 0 Å². The maximum Gasteiger partial charge on any atom is 0.247 e. The predicted octanol–water partition coefficient (Wildman–Crippen LogP) is 2.90. The zero-order valence-electron chi connectivity index (χ0n) is 24.2. The lowest BCUT2D eigenvalue weighted by molar-refractivity contribution is -0.141. The van der Waals surface area contributed by atoms with Crippen molar-refractivity contribution in [2.45, 2.75) is 51.2 Å². The molecular weight excluding hydrogens is 525 g/mol. The molecule has 0 unspecified atom stereocenters. The summed E-state index contributed by atoms with van der Waals surface area (Å²) < 4.78 is 13.5. The zero-order valence-corrected chi connectivity index (χ0v) is 24.2. The smallest absolute Gasteiger partial charge is 0.247 e. The van der Waals surface area contributed by atoms with Crippen molar-refractivity contribution in [3.8, 4) is 11.8 Å². The van der Waals surface area contributed by atoms with Gasteiger partial charge in [0, 0.05) is 50.8 Å². The molecule has 2 aromatic rings. The summed E-state index contributed by atoms with van der Waals surface area (Å²) in [4.78, 5) is 38.0. The molecule has 41 heavy (non-hydrogen) atoms. The Morgan fingerprint density at radius 2 is 2.12 bits per heavy atom. The topological polar surface area (TPSA) is 123 Å². The van der Waals surface area contributed by atoms with E-state index in [0.29, 0.717) is 55.5 Å². The summed E-state index contributed by atoms with van der Waals surface area (Å²) >= 11 is 0. The van der Waals surface area contributed by atoms with E-state index in [1.54, 1.807) is 31.3 Å². The zero-order chi connectivity index (χ0) is 29.8. The molecule has 1 aliphatic heterocycles. The first kappa shape index (κ1) is 31.5. The van der Waals surface area contributed by atoms with Gasteiger partial charge in [-0.2, -0.15) is 4.98 Å². The minimum absolute atomic E-state index is 0.119. The average Bonchev–Trinajstić information content (AvgIpc) is 3.25. The summed E-state index contributed by atoms with van der Waals surface area (Å²) in [5.74, 6) is 6.17. The Bertz CT molecular complexity index is 1290. The first-order valence-corrected chi connectivity index (χ1v) is 13.8. The van der Waals surface area contributed by atoms with E-state index in [4.69, 9.17) is 0 Å². The Morgan fingerprint density at radius 1 is 1.32 bits per heavy atom. The number of halogens is 1. The van der Waals surface area contributed by atoms with Gasteiger partial charge in [0.25, 0.3) is 0 Å². The number of unbranched alkanes of at least 4 members (excludes halogenated alkanes) is 1. The SMILES string of the molecule is CCCNc1nc(Nc2cccc(F)c2)ncc1C#CCCCNC(=O)[C@]1(C)C[C@H](O)CN1C(=O)/C=C/CN(C)C. The molecule has 0 bridgehead atoms. The third-order valence-corrected chi connectivity index (χ3v) is 6.51. The van der Waals surface area contributed by atoms with Gasteiger partial charge in [0.2, 0.25) is 17.8 Å². The van der Waals surface area contributed by atoms with Crippen LogP contribution in [-0.4, -0.2) is 88.6 Å². The number of hydrogen-bond donors (Lipinski definition) is 4. The van der Waals surface area contributed by atoms with Crippen molar-refractivity contribution in [1.29, 1.82) is 0 Å². The summed E-state index contributed by atoms with van der Waals surface area (Å²) in [6.07, 6.45) is 6.27. The molecule has 0 spiro atoms. The molecule has 220 valence electrons. The Kier molecular flexibility index (Phi) is 11.6. The summed E-state index contributed by atoms with van der Waals surface area (Å²) in [6.45, 7) is 5.54. The van der Waals surface area contributed by atoms with Crippen LogP contribution < -0.4 is 16.0 Å². The van der Waals surface area contributed by atoms with E-state index in [1.165, 1.54) is 23.1 Å². The Balaban J connectivity index is 1.55. The maximum absolute atomic E-state index is 13.5. The number of aliphatic hydroxyl groups excluding tert-OH is 1. The van der Waals surface area contributed by atoms with Gasteiger partial charge in [-0.3, -0.25) is 9.59 Å². The number of likely N-dealkylation sites (tertiary alicyclic amines) is 1. The highest BCUT2D eigenvalue weighted by molar-refractivity contribution is 5.96. The van der Waals surface area contributed by atoms with Crippen LogP contribution in [0.4, 0.5) is 21.8 Å². The summed E-state index contributed by atoms with van der Waals surface area (Å²) in [5.41, 5.74) is 0.0566. The number of β-amino-alcohol motifs (C(OH)–C–C–N with tert-alkyl or cyclic N) is 1. The molecule has 1 fully saturated rings. The number of nitrogens with zero attached hydrogens (tertiary/aromatic N) is 4. The molecular formula is C30H40FN7O3. The average molecular weight is 566 g/mol. The molecule has 1 saturated heterocycles. The van der Waals surface area contributed by atoms with Gasteiger partial charge < -0.3 is 30.9 Å². The van der Waals surface area contributed by atoms with Crippen molar-refractivity contribution >= 4 is 29.3 Å². The number of amides is 2. The van der Waals surface area contributed by atoms with Gasteiger partial charge in [-0.05, 0) is 52.1 Å². The van der Waals surface area contributed by atoms with Crippen molar-refractivity contribution in [2.24, 2.45) is 0 Å². The molecule has 1 aliphatic rings. The molecule has 1 aromatic heterocycles. The number of carbonyl (C=O) groups excluding carboxylic acids is 2. The standard InChI is InChI=1S/C30H40FN7O3/c1-5-15-32-27-22(20-34-29(36-27)35-24-13-9-12-23(31)18-24)11-7-6-8-16-33-28(41)30(2)19-25(39)21-38(30)26(40)14-10-17-37(3)4/h9-10,12-14,18,20,25,39H,5-6,8,15-17,19,21H2,1-4H3,(H,33,41)(H2,32,34,35,36)/b14-10+/t25-,30-/m0/s1. The number of likely N-dealkylation sites (N-methyl/N-ethyl adjacent to an activating group) is 1. The van der Waals surface area contributed by atoms with Crippen LogP contribution in [0.3, 0.4) is 0 Å². The van der Waals surface area contributed by atoms with Gasteiger partial charge in [0.05, 0.1) is 17.9 Å². The highest BCUT2D eigenvalue weighted by Crippen LogP contribution is 2.30. The molecule has 0 radical (unpaired) electrons. The van der Waals surface area contributed by atoms with E-state index >= 15 is 0 Å². The lowest BCUT2D eigenvalue weighted by Gasteiger charge is -2.32. The fraction of sp³-hybridized carbons (Fsp3) is 0.467. The van der Waals surface area contributed by atoms with Crippen LogP contribution in [0.15, 0.2) is 42.6 Å². The van der Waals surface area contributed by atoms with Gasteiger partial charge in [-0.15, -0.1) is 0 Å². The fourth-order valence-electron chi connectivity index (χ4n) is 4.38. The van der Waals surface area contributed by atoms with Crippen LogP contribution in [0, 0.1) is 17.7 Å². The molecule has 2 heterocycles. The predicted molar refractivity (Wildman–Crippen MR) is 158 cm³/mol. The molecule has 2 amide bonds. The van der Waals surface area contributed by atoms with Gasteiger partial charge in [-0.1, -0.05) is 30.9 Å². The Morgan fingerprint density at radius 3 is 2.85 bits per heavy atom. The first-order chi connectivity index (χ1) is 19.6. The molecule has 2 atom stereocenters. The highest BCUT2D eigenvalue weighted by Gasteiger charge is 2.48. The number of carbonyl (C=O) groups is 2. The number of rotatable bonds is 12.